The maximum Gasteiger partial charge on any atom is 0.106 e. The molecule has 0 saturated carbocycles. The molecule has 0 unspecified atom stereocenters. The summed E-state index contributed by atoms with van der Waals surface area (Å²) in [5.41, 5.74) is 10.5. The molecular weight excluding hydrogens is 288 g/mol. The highest BCUT2D eigenvalue weighted by Gasteiger charge is 2.19. The largest absolute Gasteiger partial charge is 0.389 e. The minimum absolute atomic E-state index is 0.413. The number of thiocarbonyl (C=S) groups is 1. The van der Waals surface area contributed by atoms with E-state index in [4.69, 9.17) is 29.6 Å². The highest BCUT2D eigenvalue weighted by atomic mass is 35.5. The quantitative estimate of drug-likeness (QED) is 0.861. The van der Waals surface area contributed by atoms with E-state index in [9.17, 15) is 0 Å². The third-order valence-corrected chi connectivity index (χ3v) is 4.15. The summed E-state index contributed by atoms with van der Waals surface area (Å²) in [7, 11) is 0. The number of halogens is 1. The van der Waals surface area contributed by atoms with Gasteiger partial charge in [-0.15, -0.1) is 0 Å². The van der Waals surface area contributed by atoms with Gasteiger partial charge in [0.05, 0.1) is 0 Å². The molecule has 1 heterocycles. The first-order valence-corrected chi connectivity index (χ1v) is 7.35. The van der Waals surface area contributed by atoms with E-state index >= 15 is 0 Å². The molecule has 0 aromatic heterocycles. The molecule has 0 radical (unpaired) electrons. The molecule has 4 heteroatoms. The monoisotopic (exact) mass is 302 g/mol. The van der Waals surface area contributed by atoms with Crippen LogP contribution in [0.3, 0.4) is 0 Å². The van der Waals surface area contributed by atoms with Crippen molar-refractivity contribution in [2.24, 2.45) is 5.73 Å². The average Bonchev–Trinajstić information content (AvgIpc) is 2.46. The van der Waals surface area contributed by atoms with Crippen molar-refractivity contribution in [1.82, 2.24) is 0 Å². The molecule has 2 nitrogen and oxygen atoms in total. The number of anilines is 1. The zero-order chi connectivity index (χ0) is 14.1. The molecule has 1 aliphatic rings. The normalized spacial score (nSPS) is 13.9. The Balaban J connectivity index is 1.99. The SMILES string of the molecule is NC(=S)c1ccc(Cl)cc1N1CCc2ccccc2C1. The van der Waals surface area contributed by atoms with Gasteiger partial charge in [-0.3, -0.25) is 0 Å². The molecule has 2 N–H and O–H groups in total. The van der Waals surface area contributed by atoms with Gasteiger partial charge in [-0.1, -0.05) is 48.1 Å². The third kappa shape index (κ3) is 2.51. The first-order valence-electron chi connectivity index (χ1n) is 6.56. The number of fused-ring (bicyclic) bond motifs is 1. The minimum Gasteiger partial charge on any atom is -0.389 e. The van der Waals surface area contributed by atoms with E-state index in [1.54, 1.807) is 0 Å². The Hall–Kier alpha value is -1.58. The summed E-state index contributed by atoms with van der Waals surface area (Å²) < 4.78 is 0. The van der Waals surface area contributed by atoms with E-state index in [2.05, 4.69) is 29.2 Å². The van der Waals surface area contributed by atoms with Crippen LogP contribution in [0.4, 0.5) is 5.69 Å². The molecule has 0 spiro atoms. The van der Waals surface area contributed by atoms with Gasteiger partial charge >= 0.3 is 0 Å². The van der Waals surface area contributed by atoms with Crippen LogP contribution >= 0.6 is 23.8 Å². The Bertz CT molecular complexity index is 669. The molecule has 3 rings (SSSR count). The van der Waals surface area contributed by atoms with Crippen molar-refractivity contribution in [3.63, 3.8) is 0 Å². The molecular formula is C16H15ClN2S. The van der Waals surface area contributed by atoms with Crippen LogP contribution in [-0.2, 0) is 13.0 Å². The summed E-state index contributed by atoms with van der Waals surface area (Å²) in [6.07, 6.45) is 1.03. The second-order valence-electron chi connectivity index (χ2n) is 4.97. The molecule has 0 bridgehead atoms. The van der Waals surface area contributed by atoms with E-state index < -0.39 is 0 Å². The van der Waals surface area contributed by atoms with Gasteiger partial charge in [0.1, 0.15) is 4.99 Å². The van der Waals surface area contributed by atoms with Gasteiger partial charge in [-0.05, 0) is 35.7 Å². The Morgan fingerprint density at radius 1 is 1.15 bits per heavy atom. The number of nitrogens with two attached hydrogens (primary N) is 1. The maximum absolute atomic E-state index is 6.13. The van der Waals surface area contributed by atoms with Crippen LogP contribution in [0.25, 0.3) is 0 Å². The summed E-state index contributed by atoms with van der Waals surface area (Å²) in [5.74, 6) is 0. The van der Waals surface area contributed by atoms with Gasteiger partial charge in [0.2, 0.25) is 0 Å². The van der Waals surface area contributed by atoms with Crippen LogP contribution in [0.5, 0.6) is 0 Å². The average molecular weight is 303 g/mol. The van der Waals surface area contributed by atoms with Gasteiger partial charge in [0, 0.05) is 29.4 Å². The highest BCUT2D eigenvalue weighted by molar-refractivity contribution is 7.80. The van der Waals surface area contributed by atoms with Gasteiger partial charge in [0.25, 0.3) is 0 Å². The lowest BCUT2D eigenvalue weighted by Crippen LogP contribution is -2.32. The fourth-order valence-corrected chi connectivity index (χ4v) is 3.02. The van der Waals surface area contributed by atoms with Crippen molar-refractivity contribution in [2.75, 3.05) is 11.4 Å². The molecule has 2 aromatic carbocycles. The fourth-order valence-electron chi connectivity index (χ4n) is 2.68. The molecule has 1 aliphatic heterocycles. The van der Waals surface area contributed by atoms with Crippen molar-refractivity contribution >= 4 is 34.5 Å². The van der Waals surface area contributed by atoms with Crippen LogP contribution in [0.1, 0.15) is 16.7 Å². The third-order valence-electron chi connectivity index (χ3n) is 3.70. The van der Waals surface area contributed by atoms with Crippen LogP contribution in [0, 0.1) is 0 Å². The molecule has 0 fully saturated rings. The van der Waals surface area contributed by atoms with E-state index in [-0.39, 0.29) is 0 Å². The Kier molecular flexibility index (Phi) is 3.64. The maximum atomic E-state index is 6.13. The standard InChI is InChI=1S/C16H15ClN2S/c17-13-5-6-14(16(18)20)15(9-13)19-8-7-11-3-1-2-4-12(11)10-19/h1-6,9H,7-8,10H2,(H2,18,20). The minimum atomic E-state index is 0.413. The lowest BCUT2D eigenvalue weighted by atomic mass is 9.98. The lowest BCUT2D eigenvalue weighted by Gasteiger charge is -2.32. The van der Waals surface area contributed by atoms with Crippen LogP contribution < -0.4 is 10.6 Å². The number of benzene rings is 2. The van der Waals surface area contributed by atoms with Crippen molar-refractivity contribution in [3.8, 4) is 0 Å². The lowest BCUT2D eigenvalue weighted by molar-refractivity contribution is 0.731. The van der Waals surface area contributed by atoms with E-state index in [0.29, 0.717) is 10.0 Å². The van der Waals surface area contributed by atoms with Crippen LogP contribution in [-0.4, -0.2) is 11.5 Å². The number of rotatable bonds is 2. The second-order valence-corrected chi connectivity index (χ2v) is 5.84. The summed E-state index contributed by atoms with van der Waals surface area (Å²) in [6.45, 7) is 1.82. The summed E-state index contributed by atoms with van der Waals surface area (Å²) in [5, 5.41) is 0.707. The van der Waals surface area contributed by atoms with Gasteiger partial charge in [0.15, 0.2) is 0 Å². The Morgan fingerprint density at radius 3 is 2.65 bits per heavy atom. The number of nitrogens with zero attached hydrogens (tertiary/aromatic N) is 1. The summed E-state index contributed by atoms with van der Waals surface area (Å²) in [6, 6.07) is 14.2. The molecule has 102 valence electrons. The molecule has 0 amide bonds. The van der Waals surface area contributed by atoms with E-state index in [1.807, 2.05) is 18.2 Å². The Morgan fingerprint density at radius 2 is 1.90 bits per heavy atom. The topological polar surface area (TPSA) is 29.3 Å². The van der Waals surface area contributed by atoms with Crippen molar-refractivity contribution < 1.29 is 0 Å². The molecule has 0 atom stereocenters. The molecule has 20 heavy (non-hydrogen) atoms. The molecule has 0 aliphatic carbocycles. The number of hydrogen-bond donors (Lipinski definition) is 1. The Labute approximate surface area is 129 Å². The first kappa shape index (κ1) is 13.4. The van der Waals surface area contributed by atoms with E-state index in [1.165, 1.54) is 11.1 Å². The zero-order valence-corrected chi connectivity index (χ0v) is 12.5. The van der Waals surface area contributed by atoms with Crippen molar-refractivity contribution in [3.05, 3.63) is 64.2 Å². The summed E-state index contributed by atoms with van der Waals surface area (Å²) in [4.78, 5) is 2.71. The zero-order valence-electron chi connectivity index (χ0n) is 11.0. The highest BCUT2D eigenvalue weighted by Crippen LogP contribution is 2.29. The smallest absolute Gasteiger partial charge is 0.106 e. The fraction of sp³-hybridized carbons (Fsp3) is 0.188. The van der Waals surface area contributed by atoms with Crippen LogP contribution in [0.2, 0.25) is 5.02 Å². The van der Waals surface area contributed by atoms with Gasteiger partial charge < -0.3 is 10.6 Å². The predicted octanol–water partition coefficient (Wildman–Crippen LogP) is 3.54. The number of hydrogen-bond acceptors (Lipinski definition) is 2. The first-order chi connectivity index (χ1) is 9.65. The molecule has 0 saturated heterocycles. The van der Waals surface area contributed by atoms with Gasteiger partial charge in [-0.25, -0.2) is 0 Å². The summed E-state index contributed by atoms with van der Waals surface area (Å²) >= 11 is 11.3. The van der Waals surface area contributed by atoms with Crippen molar-refractivity contribution in [2.45, 2.75) is 13.0 Å². The van der Waals surface area contributed by atoms with Gasteiger partial charge in [-0.2, -0.15) is 0 Å². The predicted molar refractivity (Wildman–Crippen MR) is 88.5 cm³/mol. The van der Waals surface area contributed by atoms with E-state index in [0.717, 1.165) is 30.8 Å². The van der Waals surface area contributed by atoms with Crippen LogP contribution in [0.15, 0.2) is 42.5 Å². The second kappa shape index (κ2) is 5.43. The van der Waals surface area contributed by atoms with Crippen molar-refractivity contribution in [1.29, 1.82) is 0 Å². The molecule has 2 aromatic rings.